The molecule has 27 heavy (non-hydrogen) atoms. The van der Waals surface area contributed by atoms with E-state index >= 15 is 0 Å². The third kappa shape index (κ3) is 3.49. The summed E-state index contributed by atoms with van der Waals surface area (Å²) in [7, 11) is 0. The van der Waals surface area contributed by atoms with Crippen molar-refractivity contribution in [1.82, 2.24) is 4.90 Å². The molecule has 3 amide bonds. The first kappa shape index (κ1) is 18.8. The molecule has 138 valence electrons. The molecule has 0 spiro atoms. The molecule has 7 heteroatoms. The van der Waals surface area contributed by atoms with Crippen LogP contribution in [0.3, 0.4) is 0 Å². The van der Waals surface area contributed by atoms with Crippen LogP contribution < -0.4 is 4.90 Å². The average molecular weight is 381 g/mol. The number of anilines is 1. The molecule has 6 nitrogen and oxygen atoms in total. The maximum Gasteiger partial charge on any atom is 0.264 e. The zero-order valence-corrected chi connectivity index (χ0v) is 15.9. The van der Waals surface area contributed by atoms with Gasteiger partial charge >= 0.3 is 0 Å². The molecule has 0 aliphatic carbocycles. The van der Waals surface area contributed by atoms with Crippen molar-refractivity contribution in [2.45, 2.75) is 38.8 Å². The van der Waals surface area contributed by atoms with Crippen molar-refractivity contribution >= 4 is 34.7 Å². The molecule has 0 N–H and O–H groups in total. The van der Waals surface area contributed by atoms with Gasteiger partial charge in [0.25, 0.3) is 11.8 Å². The summed E-state index contributed by atoms with van der Waals surface area (Å²) in [6.07, 6.45) is 0.631. The quantitative estimate of drug-likeness (QED) is 0.745. The molecule has 3 rings (SSSR count). The number of benzene rings is 1. The fourth-order valence-electron chi connectivity index (χ4n) is 3.16. The molecule has 1 aliphatic rings. The zero-order chi connectivity index (χ0) is 19.6. The third-order valence-electron chi connectivity index (χ3n) is 4.75. The standard InChI is InChI=1S/C20H19N3O3S/c1-3-13(2)22(20(26)17-5-4-10-27-17)16-11-18(24)23(19(16)25)15-8-6-14(12-21)7-9-15/h4-10,13,16H,3,11H2,1-2H3. The summed E-state index contributed by atoms with van der Waals surface area (Å²) in [6.45, 7) is 3.83. The number of hydrogen-bond acceptors (Lipinski definition) is 5. The van der Waals surface area contributed by atoms with Crippen molar-refractivity contribution in [2.75, 3.05) is 4.90 Å². The topological polar surface area (TPSA) is 81.5 Å². The predicted molar refractivity (Wildman–Crippen MR) is 102 cm³/mol. The highest BCUT2D eigenvalue weighted by Gasteiger charge is 2.45. The summed E-state index contributed by atoms with van der Waals surface area (Å²) in [5, 5.41) is 10.7. The van der Waals surface area contributed by atoms with Gasteiger partial charge in [0.2, 0.25) is 5.91 Å². The van der Waals surface area contributed by atoms with E-state index in [4.69, 9.17) is 5.26 Å². The van der Waals surface area contributed by atoms with Gasteiger partial charge < -0.3 is 4.90 Å². The largest absolute Gasteiger partial charge is 0.323 e. The number of carbonyl (C=O) groups excluding carboxylic acids is 3. The van der Waals surface area contributed by atoms with E-state index < -0.39 is 11.9 Å². The smallest absolute Gasteiger partial charge is 0.264 e. The van der Waals surface area contributed by atoms with Crippen molar-refractivity contribution < 1.29 is 14.4 Å². The highest BCUT2D eigenvalue weighted by Crippen LogP contribution is 2.29. The van der Waals surface area contributed by atoms with Crippen molar-refractivity contribution in [1.29, 1.82) is 5.26 Å². The van der Waals surface area contributed by atoms with Gasteiger partial charge in [0.1, 0.15) is 6.04 Å². The lowest BCUT2D eigenvalue weighted by molar-refractivity contribution is -0.122. The molecular weight excluding hydrogens is 362 g/mol. The second kappa shape index (κ2) is 7.72. The van der Waals surface area contributed by atoms with Crippen LogP contribution in [0.1, 0.15) is 41.9 Å². The molecule has 2 atom stereocenters. The number of thiophene rings is 1. The van der Waals surface area contributed by atoms with Gasteiger partial charge in [-0.15, -0.1) is 11.3 Å². The lowest BCUT2D eigenvalue weighted by Crippen LogP contribution is -2.49. The van der Waals surface area contributed by atoms with Crippen LogP contribution in [0.15, 0.2) is 41.8 Å². The van der Waals surface area contributed by atoms with Crippen molar-refractivity contribution in [3.63, 3.8) is 0 Å². The minimum absolute atomic E-state index is 0.0414. The molecule has 2 aromatic rings. The van der Waals surface area contributed by atoms with Gasteiger partial charge in [0.05, 0.1) is 28.6 Å². The Morgan fingerprint density at radius 3 is 2.59 bits per heavy atom. The average Bonchev–Trinajstić information content (AvgIpc) is 3.31. The van der Waals surface area contributed by atoms with Gasteiger partial charge in [-0.05, 0) is 49.1 Å². The fraction of sp³-hybridized carbons (Fsp3) is 0.300. The summed E-state index contributed by atoms with van der Waals surface area (Å²) >= 11 is 1.32. The van der Waals surface area contributed by atoms with E-state index in [1.165, 1.54) is 16.2 Å². The van der Waals surface area contributed by atoms with Crippen molar-refractivity contribution in [3.05, 3.63) is 52.2 Å². The number of carbonyl (C=O) groups is 3. The van der Waals surface area contributed by atoms with Crippen LogP contribution in [-0.2, 0) is 9.59 Å². The molecule has 1 fully saturated rings. The number of imide groups is 1. The number of rotatable bonds is 5. The predicted octanol–water partition coefficient (Wildman–Crippen LogP) is 3.19. The summed E-state index contributed by atoms with van der Waals surface area (Å²) in [5.74, 6) is -0.982. The monoisotopic (exact) mass is 381 g/mol. The van der Waals surface area contributed by atoms with Crippen LogP contribution in [0.4, 0.5) is 5.69 Å². The van der Waals surface area contributed by atoms with Gasteiger partial charge in [-0.3, -0.25) is 14.4 Å². The highest BCUT2D eigenvalue weighted by atomic mass is 32.1. The molecular formula is C20H19N3O3S. The second-order valence-corrected chi connectivity index (χ2v) is 7.34. The number of nitriles is 1. The van der Waals surface area contributed by atoms with Gasteiger partial charge in [-0.25, -0.2) is 4.90 Å². The van der Waals surface area contributed by atoms with E-state index in [2.05, 4.69) is 0 Å². The summed E-state index contributed by atoms with van der Waals surface area (Å²) < 4.78 is 0. The molecule has 1 aromatic heterocycles. The fourth-order valence-corrected chi connectivity index (χ4v) is 3.83. The van der Waals surface area contributed by atoms with Crippen LogP contribution in [0, 0.1) is 11.3 Å². The van der Waals surface area contributed by atoms with Gasteiger partial charge in [0, 0.05) is 6.04 Å². The van der Waals surface area contributed by atoms with Crippen LogP contribution in [0.25, 0.3) is 0 Å². The lowest BCUT2D eigenvalue weighted by Gasteiger charge is -2.32. The Bertz CT molecular complexity index is 900. The number of amides is 3. The Kier molecular flexibility index (Phi) is 5.38. The van der Waals surface area contributed by atoms with Gasteiger partial charge in [-0.1, -0.05) is 13.0 Å². The normalized spacial score (nSPS) is 17.7. The lowest BCUT2D eigenvalue weighted by atomic mass is 10.1. The minimum atomic E-state index is -0.822. The molecule has 1 aliphatic heterocycles. The minimum Gasteiger partial charge on any atom is -0.323 e. The van der Waals surface area contributed by atoms with E-state index in [1.807, 2.05) is 25.3 Å². The Morgan fingerprint density at radius 1 is 1.33 bits per heavy atom. The first-order valence-corrected chi connectivity index (χ1v) is 9.59. The first-order valence-electron chi connectivity index (χ1n) is 8.71. The molecule has 0 bridgehead atoms. The van der Waals surface area contributed by atoms with Crippen LogP contribution >= 0.6 is 11.3 Å². The van der Waals surface area contributed by atoms with Gasteiger partial charge in [-0.2, -0.15) is 5.26 Å². The molecule has 2 unspecified atom stereocenters. The Hall–Kier alpha value is -2.98. The first-order chi connectivity index (χ1) is 13.0. The van der Waals surface area contributed by atoms with Gasteiger partial charge in [0.15, 0.2) is 0 Å². The number of hydrogen-bond donors (Lipinski definition) is 0. The van der Waals surface area contributed by atoms with E-state index in [0.29, 0.717) is 22.5 Å². The second-order valence-electron chi connectivity index (χ2n) is 6.39. The maximum absolute atomic E-state index is 13.1. The van der Waals surface area contributed by atoms with Crippen LogP contribution in [0.2, 0.25) is 0 Å². The summed E-state index contributed by atoms with van der Waals surface area (Å²) in [4.78, 5) is 41.8. The van der Waals surface area contributed by atoms with E-state index in [9.17, 15) is 14.4 Å². The maximum atomic E-state index is 13.1. The van der Waals surface area contributed by atoms with E-state index in [0.717, 1.165) is 4.90 Å². The molecule has 0 radical (unpaired) electrons. The van der Waals surface area contributed by atoms with Crippen LogP contribution in [-0.4, -0.2) is 34.7 Å². The number of nitrogens with zero attached hydrogens (tertiary/aromatic N) is 3. The Labute approximate surface area is 161 Å². The SMILES string of the molecule is CCC(C)N(C(=O)c1cccs1)C1CC(=O)N(c2ccc(C#N)cc2)C1=O. The van der Waals surface area contributed by atoms with E-state index in [-0.39, 0.29) is 24.3 Å². The Balaban J connectivity index is 1.92. The summed E-state index contributed by atoms with van der Waals surface area (Å²) in [5.41, 5.74) is 0.864. The molecule has 1 aromatic carbocycles. The van der Waals surface area contributed by atoms with E-state index in [1.54, 1.807) is 36.4 Å². The Morgan fingerprint density at radius 2 is 2.04 bits per heavy atom. The molecule has 0 saturated carbocycles. The van der Waals surface area contributed by atoms with Crippen molar-refractivity contribution in [2.24, 2.45) is 0 Å². The zero-order valence-electron chi connectivity index (χ0n) is 15.1. The molecule has 2 heterocycles. The molecule has 1 saturated heterocycles. The van der Waals surface area contributed by atoms with Crippen LogP contribution in [0.5, 0.6) is 0 Å². The summed E-state index contributed by atoms with van der Waals surface area (Å²) in [6, 6.07) is 10.8. The highest BCUT2D eigenvalue weighted by molar-refractivity contribution is 7.12. The van der Waals surface area contributed by atoms with Crippen molar-refractivity contribution in [3.8, 4) is 6.07 Å². The third-order valence-corrected chi connectivity index (χ3v) is 5.60.